The van der Waals surface area contributed by atoms with Crippen LogP contribution in [-0.2, 0) is 11.4 Å². The number of carbonyl (C=O) groups is 2. The lowest BCUT2D eigenvalue weighted by molar-refractivity contribution is -0.130. The summed E-state index contributed by atoms with van der Waals surface area (Å²) in [6, 6.07) is 11.2. The number of carbonyl (C=O) groups excluding carboxylic acids is 2. The first-order valence-corrected chi connectivity index (χ1v) is 9.71. The molecule has 7 heteroatoms. The standard InChI is InChI=1S/C22H24N4O3/c1-16-3-8-21-23-19(14-26(21)13-16)15-29-20-6-4-18(5-7-20)22(28)25-11-9-24(10-12-25)17(2)27/h3-8,13-14H,9-12,15H2,1-2H3. The van der Waals surface area contributed by atoms with Crippen molar-refractivity contribution in [1.82, 2.24) is 19.2 Å². The Bertz CT molecular complexity index is 1030. The Hall–Kier alpha value is -3.35. The maximum Gasteiger partial charge on any atom is 0.253 e. The molecule has 0 radical (unpaired) electrons. The lowest BCUT2D eigenvalue weighted by atomic mass is 10.1. The van der Waals surface area contributed by atoms with Gasteiger partial charge in [-0.1, -0.05) is 6.07 Å². The van der Waals surface area contributed by atoms with Crippen LogP contribution in [0.2, 0.25) is 0 Å². The first kappa shape index (κ1) is 19.0. The van der Waals surface area contributed by atoms with E-state index in [0.717, 1.165) is 11.3 Å². The maximum atomic E-state index is 12.7. The highest BCUT2D eigenvalue weighted by Crippen LogP contribution is 2.17. The number of amides is 2. The number of aromatic nitrogens is 2. The minimum atomic E-state index is -0.0181. The molecular weight excluding hydrogens is 368 g/mol. The van der Waals surface area contributed by atoms with Crippen LogP contribution >= 0.6 is 0 Å². The number of rotatable bonds is 4. The predicted octanol–water partition coefficient (Wildman–Crippen LogP) is 2.53. The van der Waals surface area contributed by atoms with E-state index >= 15 is 0 Å². The molecule has 2 amide bonds. The summed E-state index contributed by atoms with van der Waals surface area (Å²) < 4.78 is 7.82. The average Bonchev–Trinajstić information content (AvgIpc) is 3.14. The molecule has 0 spiro atoms. The van der Waals surface area contributed by atoms with Gasteiger partial charge in [0.2, 0.25) is 5.91 Å². The highest BCUT2D eigenvalue weighted by Gasteiger charge is 2.23. The van der Waals surface area contributed by atoms with Crippen LogP contribution in [0, 0.1) is 6.92 Å². The first-order chi connectivity index (χ1) is 14.0. The molecule has 1 aliphatic heterocycles. The van der Waals surface area contributed by atoms with Crippen molar-refractivity contribution in [2.75, 3.05) is 26.2 Å². The Morgan fingerprint density at radius 2 is 1.66 bits per heavy atom. The van der Waals surface area contributed by atoms with Crippen LogP contribution in [0.25, 0.3) is 5.65 Å². The molecule has 0 N–H and O–H groups in total. The lowest BCUT2D eigenvalue weighted by Crippen LogP contribution is -2.50. The Labute approximate surface area is 169 Å². The summed E-state index contributed by atoms with van der Waals surface area (Å²) in [7, 11) is 0. The molecule has 1 aromatic carbocycles. The van der Waals surface area contributed by atoms with E-state index in [1.165, 1.54) is 5.56 Å². The number of piperazine rings is 1. The average molecular weight is 392 g/mol. The number of pyridine rings is 1. The molecular formula is C22H24N4O3. The fourth-order valence-electron chi connectivity index (χ4n) is 3.48. The van der Waals surface area contributed by atoms with Gasteiger partial charge in [-0.2, -0.15) is 0 Å². The quantitative estimate of drug-likeness (QED) is 0.684. The van der Waals surface area contributed by atoms with Gasteiger partial charge in [-0.25, -0.2) is 4.98 Å². The Kier molecular flexibility index (Phi) is 5.20. The summed E-state index contributed by atoms with van der Waals surface area (Å²) in [4.78, 5) is 32.2. The van der Waals surface area contributed by atoms with Gasteiger partial charge in [0.1, 0.15) is 18.0 Å². The summed E-state index contributed by atoms with van der Waals surface area (Å²) in [5.74, 6) is 0.728. The second-order valence-corrected chi connectivity index (χ2v) is 7.32. The molecule has 4 rings (SSSR count). The van der Waals surface area contributed by atoms with Gasteiger partial charge in [0.05, 0.1) is 5.69 Å². The lowest BCUT2D eigenvalue weighted by Gasteiger charge is -2.34. The van der Waals surface area contributed by atoms with E-state index in [4.69, 9.17) is 4.74 Å². The first-order valence-electron chi connectivity index (χ1n) is 9.71. The third-order valence-electron chi connectivity index (χ3n) is 5.15. The molecule has 0 unspecified atom stereocenters. The number of fused-ring (bicyclic) bond motifs is 1. The molecule has 3 aromatic rings. The van der Waals surface area contributed by atoms with Crippen molar-refractivity contribution in [3.63, 3.8) is 0 Å². The van der Waals surface area contributed by atoms with E-state index in [0.29, 0.717) is 44.1 Å². The fourth-order valence-corrected chi connectivity index (χ4v) is 3.48. The van der Waals surface area contributed by atoms with E-state index < -0.39 is 0 Å². The highest BCUT2D eigenvalue weighted by atomic mass is 16.5. The summed E-state index contributed by atoms with van der Waals surface area (Å²) in [5, 5.41) is 0. The van der Waals surface area contributed by atoms with Crippen molar-refractivity contribution in [2.24, 2.45) is 0 Å². The topological polar surface area (TPSA) is 67.2 Å². The van der Waals surface area contributed by atoms with E-state index in [9.17, 15) is 9.59 Å². The fraction of sp³-hybridized carbons (Fsp3) is 0.318. The summed E-state index contributed by atoms with van der Waals surface area (Å²) >= 11 is 0. The number of hydrogen-bond acceptors (Lipinski definition) is 4. The molecule has 0 atom stereocenters. The van der Waals surface area contributed by atoms with Crippen molar-refractivity contribution >= 4 is 17.5 Å². The molecule has 1 aliphatic rings. The minimum absolute atomic E-state index is 0.0181. The van der Waals surface area contributed by atoms with Crippen LogP contribution in [0.3, 0.4) is 0 Å². The van der Waals surface area contributed by atoms with E-state index in [1.807, 2.05) is 35.9 Å². The van der Waals surface area contributed by atoms with Crippen LogP contribution in [0.5, 0.6) is 5.75 Å². The number of nitrogens with zero attached hydrogens (tertiary/aromatic N) is 4. The zero-order valence-electron chi connectivity index (χ0n) is 16.7. The van der Waals surface area contributed by atoms with E-state index in [2.05, 4.69) is 4.98 Å². The SMILES string of the molecule is CC(=O)N1CCN(C(=O)c2ccc(OCc3cn4cc(C)ccc4n3)cc2)CC1. The number of aryl methyl sites for hydroxylation is 1. The van der Waals surface area contributed by atoms with E-state index in [1.54, 1.807) is 41.0 Å². The molecule has 0 bridgehead atoms. The third-order valence-corrected chi connectivity index (χ3v) is 5.15. The van der Waals surface area contributed by atoms with Crippen LogP contribution in [0.15, 0.2) is 48.8 Å². The Balaban J connectivity index is 1.35. The number of hydrogen-bond donors (Lipinski definition) is 0. The molecule has 150 valence electrons. The monoisotopic (exact) mass is 392 g/mol. The second-order valence-electron chi connectivity index (χ2n) is 7.32. The number of imidazole rings is 1. The normalized spacial score (nSPS) is 14.3. The molecule has 0 aliphatic carbocycles. The molecule has 1 fully saturated rings. The smallest absolute Gasteiger partial charge is 0.253 e. The molecule has 0 saturated carbocycles. The van der Waals surface area contributed by atoms with Crippen LogP contribution < -0.4 is 4.74 Å². The van der Waals surface area contributed by atoms with Crippen LogP contribution in [-0.4, -0.2) is 57.2 Å². The van der Waals surface area contributed by atoms with Crippen LogP contribution in [0.4, 0.5) is 0 Å². The maximum absolute atomic E-state index is 12.7. The second kappa shape index (κ2) is 7.95. The van der Waals surface area contributed by atoms with Gasteiger partial charge in [0, 0.05) is 51.1 Å². The van der Waals surface area contributed by atoms with Crippen molar-refractivity contribution < 1.29 is 14.3 Å². The molecule has 2 aromatic heterocycles. The van der Waals surface area contributed by atoms with Crippen molar-refractivity contribution in [3.8, 4) is 5.75 Å². The zero-order chi connectivity index (χ0) is 20.4. The third kappa shape index (κ3) is 4.23. The highest BCUT2D eigenvalue weighted by molar-refractivity contribution is 5.94. The Morgan fingerprint density at radius 3 is 2.34 bits per heavy atom. The van der Waals surface area contributed by atoms with E-state index in [-0.39, 0.29) is 11.8 Å². The molecule has 7 nitrogen and oxygen atoms in total. The van der Waals surface area contributed by atoms with Gasteiger partial charge < -0.3 is 18.9 Å². The molecule has 1 saturated heterocycles. The number of ether oxygens (including phenoxy) is 1. The van der Waals surface area contributed by atoms with Crippen molar-refractivity contribution in [1.29, 1.82) is 0 Å². The van der Waals surface area contributed by atoms with Gasteiger partial charge in [0.25, 0.3) is 5.91 Å². The summed E-state index contributed by atoms with van der Waals surface area (Å²) in [5.41, 5.74) is 3.53. The predicted molar refractivity (Wildman–Crippen MR) is 109 cm³/mol. The zero-order valence-corrected chi connectivity index (χ0v) is 16.7. The largest absolute Gasteiger partial charge is 0.487 e. The van der Waals surface area contributed by atoms with Crippen LogP contribution in [0.1, 0.15) is 28.5 Å². The molecule has 29 heavy (non-hydrogen) atoms. The van der Waals surface area contributed by atoms with Gasteiger partial charge in [0.15, 0.2) is 0 Å². The van der Waals surface area contributed by atoms with Gasteiger partial charge >= 0.3 is 0 Å². The van der Waals surface area contributed by atoms with Gasteiger partial charge in [-0.3, -0.25) is 9.59 Å². The van der Waals surface area contributed by atoms with Gasteiger partial charge in [-0.15, -0.1) is 0 Å². The summed E-state index contributed by atoms with van der Waals surface area (Å²) in [6.07, 6.45) is 3.99. The van der Waals surface area contributed by atoms with Crippen molar-refractivity contribution in [2.45, 2.75) is 20.5 Å². The summed E-state index contributed by atoms with van der Waals surface area (Å²) in [6.45, 7) is 6.25. The molecule has 3 heterocycles. The Morgan fingerprint density at radius 1 is 0.966 bits per heavy atom. The number of benzene rings is 1. The minimum Gasteiger partial charge on any atom is -0.487 e. The van der Waals surface area contributed by atoms with Crippen molar-refractivity contribution in [3.05, 3.63) is 65.6 Å². The van der Waals surface area contributed by atoms with Gasteiger partial charge in [-0.05, 0) is 42.8 Å².